The molecule has 2 aromatic rings. The van der Waals surface area contributed by atoms with E-state index < -0.39 is 6.04 Å². The minimum absolute atomic E-state index is 0.268. The maximum absolute atomic E-state index is 12.0. The molecular formula is C18H17NO2. The Kier molecular flexibility index (Phi) is 3.82. The second-order valence-corrected chi connectivity index (χ2v) is 5.11. The van der Waals surface area contributed by atoms with E-state index in [4.69, 9.17) is 4.74 Å². The molecule has 0 amide bonds. The van der Waals surface area contributed by atoms with Crippen LogP contribution in [-0.4, -0.2) is 17.9 Å². The van der Waals surface area contributed by atoms with Crippen LogP contribution >= 0.6 is 0 Å². The second kappa shape index (κ2) is 5.92. The summed E-state index contributed by atoms with van der Waals surface area (Å²) in [5.41, 5.74) is 3.23. The van der Waals surface area contributed by atoms with Crippen molar-refractivity contribution < 1.29 is 9.53 Å². The average Bonchev–Trinajstić information content (AvgIpc) is 2.89. The molecule has 3 rings (SSSR count). The van der Waals surface area contributed by atoms with Crippen molar-refractivity contribution in [3.8, 4) is 0 Å². The number of aliphatic imine (C=N–C) groups is 1. The molecule has 0 saturated heterocycles. The Balaban J connectivity index is 1.79. The Morgan fingerprint density at radius 2 is 1.81 bits per heavy atom. The van der Waals surface area contributed by atoms with Crippen LogP contribution in [0.25, 0.3) is 0 Å². The molecule has 0 N–H and O–H groups in total. The fourth-order valence-electron chi connectivity index (χ4n) is 2.43. The summed E-state index contributed by atoms with van der Waals surface area (Å²) in [6.45, 7) is 2.12. The number of benzene rings is 2. The summed E-state index contributed by atoms with van der Waals surface area (Å²) in [4.78, 5) is 16.4. The van der Waals surface area contributed by atoms with Gasteiger partial charge in [0.05, 0.1) is 0 Å². The third kappa shape index (κ3) is 3.02. The Bertz CT molecular complexity index is 677. The molecule has 3 heteroatoms. The number of hydrogen-bond acceptors (Lipinski definition) is 3. The first kappa shape index (κ1) is 13.6. The molecule has 106 valence electrons. The molecule has 0 saturated carbocycles. The molecule has 3 nitrogen and oxygen atoms in total. The van der Waals surface area contributed by atoms with Crippen LogP contribution < -0.4 is 0 Å². The lowest BCUT2D eigenvalue weighted by Gasteiger charge is -2.05. The summed E-state index contributed by atoms with van der Waals surface area (Å²) in [7, 11) is 0. The minimum atomic E-state index is -0.438. The number of nitrogens with zero attached hydrogens (tertiary/aromatic N) is 1. The Hall–Kier alpha value is -2.42. The zero-order valence-corrected chi connectivity index (χ0v) is 12.0. The van der Waals surface area contributed by atoms with E-state index in [1.807, 2.05) is 42.5 Å². The van der Waals surface area contributed by atoms with E-state index in [1.54, 1.807) is 0 Å². The standard InChI is InChI=1S/C18H17NO2/c1-2-13-7-6-8-14(11-13)12-16-18(20)21-17(19-16)15-9-4-3-5-10-15/h3-11,16H,2,12H2,1H3. The first-order valence-corrected chi connectivity index (χ1v) is 7.19. The average molecular weight is 279 g/mol. The highest BCUT2D eigenvalue weighted by Gasteiger charge is 2.29. The molecule has 0 aliphatic carbocycles. The second-order valence-electron chi connectivity index (χ2n) is 5.11. The van der Waals surface area contributed by atoms with Crippen LogP contribution in [0.2, 0.25) is 0 Å². The molecule has 21 heavy (non-hydrogen) atoms. The van der Waals surface area contributed by atoms with Crippen LogP contribution in [0.15, 0.2) is 59.6 Å². The van der Waals surface area contributed by atoms with Gasteiger partial charge in [0.25, 0.3) is 0 Å². The van der Waals surface area contributed by atoms with Crippen molar-refractivity contribution in [2.75, 3.05) is 0 Å². The van der Waals surface area contributed by atoms with Gasteiger partial charge in [0, 0.05) is 12.0 Å². The van der Waals surface area contributed by atoms with Crippen LogP contribution in [0, 0.1) is 0 Å². The van der Waals surface area contributed by atoms with Gasteiger partial charge in [-0.25, -0.2) is 9.79 Å². The van der Waals surface area contributed by atoms with Gasteiger partial charge in [-0.1, -0.05) is 49.4 Å². The van der Waals surface area contributed by atoms with Crippen molar-refractivity contribution in [3.05, 3.63) is 71.3 Å². The van der Waals surface area contributed by atoms with Crippen LogP contribution in [-0.2, 0) is 22.4 Å². The Labute approximate surface area is 124 Å². The minimum Gasteiger partial charge on any atom is -0.406 e. The Morgan fingerprint density at radius 3 is 2.57 bits per heavy atom. The molecule has 1 heterocycles. The predicted octanol–water partition coefficient (Wildman–Crippen LogP) is 3.16. The molecule has 1 aliphatic rings. The molecular weight excluding hydrogens is 262 g/mol. The fraction of sp³-hybridized carbons (Fsp3) is 0.222. The van der Waals surface area contributed by atoms with E-state index in [9.17, 15) is 4.79 Å². The molecule has 1 unspecified atom stereocenters. The van der Waals surface area contributed by atoms with Crippen molar-refractivity contribution in [3.63, 3.8) is 0 Å². The number of esters is 1. The van der Waals surface area contributed by atoms with Crippen LogP contribution in [0.4, 0.5) is 0 Å². The maximum atomic E-state index is 12.0. The van der Waals surface area contributed by atoms with Gasteiger partial charge in [-0.2, -0.15) is 0 Å². The SMILES string of the molecule is CCc1cccc(CC2N=C(c3ccccc3)OC2=O)c1. The molecule has 1 atom stereocenters. The Morgan fingerprint density at radius 1 is 1.05 bits per heavy atom. The predicted molar refractivity (Wildman–Crippen MR) is 82.4 cm³/mol. The van der Waals surface area contributed by atoms with E-state index in [1.165, 1.54) is 5.56 Å². The van der Waals surface area contributed by atoms with Gasteiger partial charge < -0.3 is 4.74 Å². The molecule has 0 fully saturated rings. The fourth-order valence-corrected chi connectivity index (χ4v) is 2.43. The molecule has 2 aromatic carbocycles. The number of rotatable bonds is 4. The van der Waals surface area contributed by atoms with Gasteiger partial charge in [-0.3, -0.25) is 0 Å². The first-order chi connectivity index (χ1) is 10.3. The highest BCUT2D eigenvalue weighted by atomic mass is 16.6. The third-order valence-electron chi connectivity index (χ3n) is 3.59. The summed E-state index contributed by atoms with van der Waals surface area (Å²) >= 11 is 0. The number of ether oxygens (including phenoxy) is 1. The highest BCUT2D eigenvalue weighted by Crippen LogP contribution is 2.18. The lowest BCUT2D eigenvalue weighted by molar-refractivity contribution is -0.134. The summed E-state index contributed by atoms with van der Waals surface area (Å²) in [5, 5.41) is 0. The van der Waals surface area contributed by atoms with E-state index in [2.05, 4.69) is 24.0 Å². The van der Waals surface area contributed by atoms with Gasteiger partial charge in [0.2, 0.25) is 5.90 Å². The van der Waals surface area contributed by atoms with Gasteiger partial charge in [0.15, 0.2) is 6.04 Å². The molecule has 0 spiro atoms. The van der Waals surface area contributed by atoms with Crippen molar-refractivity contribution in [1.82, 2.24) is 0 Å². The maximum Gasteiger partial charge on any atom is 0.338 e. The van der Waals surface area contributed by atoms with Gasteiger partial charge >= 0.3 is 5.97 Å². The number of carbonyl (C=O) groups is 1. The van der Waals surface area contributed by atoms with Crippen molar-refractivity contribution in [1.29, 1.82) is 0 Å². The van der Waals surface area contributed by atoms with E-state index in [0.717, 1.165) is 17.5 Å². The van der Waals surface area contributed by atoms with Gasteiger partial charge in [-0.15, -0.1) is 0 Å². The normalized spacial score (nSPS) is 17.5. The van der Waals surface area contributed by atoms with E-state index in [-0.39, 0.29) is 5.97 Å². The monoisotopic (exact) mass is 279 g/mol. The topological polar surface area (TPSA) is 38.7 Å². The lowest BCUT2D eigenvalue weighted by Crippen LogP contribution is -2.17. The number of aryl methyl sites for hydroxylation is 1. The summed E-state index contributed by atoms with van der Waals surface area (Å²) in [5.74, 6) is 0.160. The largest absolute Gasteiger partial charge is 0.406 e. The number of carbonyl (C=O) groups excluding carboxylic acids is 1. The zero-order chi connectivity index (χ0) is 14.7. The lowest BCUT2D eigenvalue weighted by atomic mass is 10.0. The van der Waals surface area contributed by atoms with Gasteiger partial charge in [0.1, 0.15) is 0 Å². The smallest absolute Gasteiger partial charge is 0.338 e. The van der Waals surface area contributed by atoms with E-state index >= 15 is 0 Å². The van der Waals surface area contributed by atoms with Crippen LogP contribution in [0.1, 0.15) is 23.6 Å². The summed E-state index contributed by atoms with van der Waals surface area (Å²) in [6.07, 6.45) is 1.57. The number of cyclic esters (lactones) is 1. The van der Waals surface area contributed by atoms with Crippen molar-refractivity contribution in [2.24, 2.45) is 4.99 Å². The third-order valence-corrected chi connectivity index (χ3v) is 3.59. The van der Waals surface area contributed by atoms with Crippen molar-refractivity contribution in [2.45, 2.75) is 25.8 Å². The molecule has 0 aromatic heterocycles. The summed E-state index contributed by atoms with van der Waals surface area (Å²) in [6, 6.07) is 17.4. The quantitative estimate of drug-likeness (QED) is 0.806. The molecule has 0 radical (unpaired) electrons. The summed E-state index contributed by atoms with van der Waals surface area (Å²) < 4.78 is 5.30. The number of hydrogen-bond donors (Lipinski definition) is 0. The highest BCUT2D eigenvalue weighted by molar-refractivity contribution is 6.06. The first-order valence-electron chi connectivity index (χ1n) is 7.19. The molecule has 1 aliphatic heterocycles. The van der Waals surface area contributed by atoms with Crippen molar-refractivity contribution >= 4 is 11.9 Å². The van der Waals surface area contributed by atoms with Crippen LogP contribution in [0.5, 0.6) is 0 Å². The molecule has 0 bridgehead atoms. The van der Waals surface area contributed by atoms with Gasteiger partial charge in [-0.05, 0) is 29.7 Å². The zero-order valence-electron chi connectivity index (χ0n) is 12.0. The van der Waals surface area contributed by atoms with E-state index in [0.29, 0.717) is 12.3 Å². The van der Waals surface area contributed by atoms with Crippen LogP contribution in [0.3, 0.4) is 0 Å².